The van der Waals surface area contributed by atoms with Gasteiger partial charge >= 0.3 is 0 Å². The van der Waals surface area contributed by atoms with Crippen molar-refractivity contribution in [3.63, 3.8) is 0 Å². The molecule has 7 heteroatoms. The Morgan fingerprint density at radius 2 is 1.80 bits per heavy atom. The minimum atomic E-state index is -0.00485. The van der Waals surface area contributed by atoms with Gasteiger partial charge in [-0.25, -0.2) is 4.98 Å². The summed E-state index contributed by atoms with van der Waals surface area (Å²) in [5.41, 5.74) is 2.74. The van der Waals surface area contributed by atoms with Gasteiger partial charge in [0.25, 0.3) is 5.91 Å². The van der Waals surface area contributed by atoms with E-state index >= 15 is 0 Å². The van der Waals surface area contributed by atoms with Crippen LogP contribution in [0.5, 0.6) is 11.5 Å². The Morgan fingerprint density at radius 3 is 2.50 bits per heavy atom. The number of nitrogens with zero attached hydrogens (tertiary/aromatic N) is 3. The number of hydrogen-bond donors (Lipinski definition) is 0. The molecule has 1 saturated heterocycles. The molecule has 1 aliphatic heterocycles. The molecule has 1 aromatic heterocycles. The van der Waals surface area contributed by atoms with Gasteiger partial charge in [0.2, 0.25) is 0 Å². The first kappa shape index (κ1) is 20.4. The molecule has 0 bridgehead atoms. The third-order valence-electron chi connectivity index (χ3n) is 5.28. The summed E-state index contributed by atoms with van der Waals surface area (Å²) in [6.07, 6.45) is 0. The van der Waals surface area contributed by atoms with Crippen molar-refractivity contribution in [2.45, 2.75) is 6.54 Å². The maximum Gasteiger partial charge on any atom is 0.257 e. The summed E-state index contributed by atoms with van der Waals surface area (Å²) >= 11 is 1.69. The lowest BCUT2D eigenvalue weighted by Gasteiger charge is -2.34. The number of amides is 1. The minimum absolute atomic E-state index is 0.00485. The highest BCUT2D eigenvalue weighted by atomic mass is 32.1. The Bertz CT molecular complexity index is 998. The normalized spacial score (nSPS) is 14.5. The van der Waals surface area contributed by atoms with Crippen LogP contribution in [0.15, 0.2) is 53.9 Å². The Hall–Kier alpha value is -2.90. The van der Waals surface area contributed by atoms with E-state index in [9.17, 15) is 4.79 Å². The fourth-order valence-electron chi connectivity index (χ4n) is 3.57. The Morgan fingerprint density at radius 1 is 1.03 bits per heavy atom. The van der Waals surface area contributed by atoms with Gasteiger partial charge in [0.1, 0.15) is 16.5 Å². The first-order chi connectivity index (χ1) is 14.7. The predicted octanol–water partition coefficient (Wildman–Crippen LogP) is 3.79. The number of rotatable bonds is 6. The Balaban J connectivity index is 1.35. The second kappa shape index (κ2) is 9.28. The van der Waals surface area contributed by atoms with Gasteiger partial charge in [0.05, 0.1) is 32.0 Å². The van der Waals surface area contributed by atoms with Gasteiger partial charge < -0.3 is 14.4 Å². The monoisotopic (exact) mass is 423 g/mol. The van der Waals surface area contributed by atoms with Crippen LogP contribution in [0.1, 0.15) is 15.4 Å². The summed E-state index contributed by atoms with van der Waals surface area (Å²) in [6.45, 7) is 3.83. The molecule has 1 fully saturated rings. The second-order valence-corrected chi connectivity index (χ2v) is 8.07. The van der Waals surface area contributed by atoms with Gasteiger partial charge in [-0.15, -0.1) is 11.3 Å². The maximum absolute atomic E-state index is 13.0. The van der Waals surface area contributed by atoms with Crippen LogP contribution in [0.3, 0.4) is 0 Å². The Kier molecular flexibility index (Phi) is 6.30. The molecule has 3 aromatic rings. The zero-order valence-corrected chi connectivity index (χ0v) is 18.0. The van der Waals surface area contributed by atoms with E-state index in [0.29, 0.717) is 30.2 Å². The number of carbonyl (C=O) groups is 1. The molecule has 1 amide bonds. The van der Waals surface area contributed by atoms with E-state index in [-0.39, 0.29) is 5.91 Å². The Labute approximate surface area is 180 Å². The highest BCUT2D eigenvalue weighted by Gasteiger charge is 2.25. The number of hydrogen-bond acceptors (Lipinski definition) is 6. The average molecular weight is 424 g/mol. The standard InChI is InChI=1S/C23H25N3O3S/c1-28-18-8-9-19(21(14-18)29-2)23(27)26-12-10-25(11-13-26)15-22-24-20(16-30-22)17-6-4-3-5-7-17/h3-9,14,16H,10-13,15H2,1-2H3. The molecule has 4 rings (SSSR count). The van der Waals surface area contributed by atoms with Crippen LogP contribution in [0.2, 0.25) is 0 Å². The number of thiazole rings is 1. The van der Waals surface area contributed by atoms with Crippen LogP contribution >= 0.6 is 11.3 Å². The van der Waals surface area contributed by atoms with Gasteiger partial charge in [0, 0.05) is 43.2 Å². The predicted molar refractivity (Wildman–Crippen MR) is 118 cm³/mol. The molecule has 2 aromatic carbocycles. The summed E-state index contributed by atoms with van der Waals surface area (Å²) in [4.78, 5) is 22.0. The van der Waals surface area contributed by atoms with E-state index < -0.39 is 0 Å². The molecule has 0 aliphatic carbocycles. The topological polar surface area (TPSA) is 54.9 Å². The van der Waals surface area contributed by atoms with Crippen LogP contribution in [0, 0.1) is 0 Å². The summed E-state index contributed by atoms with van der Waals surface area (Å²) < 4.78 is 10.6. The summed E-state index contributed by atoms with van der Waals surface area (Å²) in [5.74, 6) is 1.21. The second-order valence-electron chi connectivity index (χ2n) is 7.13. The highest BCUT2D eigenvalue weighted by Crippen LogP contribution is 2.27. The molecule has 0 atom stereocenters. The number of aromatic nitrogens is 1. The quantitative estimate of drug-likeness (QED) is 0.604. The van der Waals surface area contributed by atoms with Gasteiger partial charge in [-0.2, -0.15) is 0 Å². The van der Waals surface area contributed by atoms with Crippen molar-refractivity contribution in [3.05, 3.63) is 64.5 Å². The molecule has 0 spiro atoms. The number of piperazine rings is 1. The number of ether oxygens (including phenoxy) is 2. The molecule has 0 unspecified atom stereocenters. The summed E-state index contributed by atoms with van der Waals surface area (Å²) in [6, 6.07) is 15.5. The molecule has 0 radical (unpaired) electrons. The van der Waals surface area contributed by atoms with Crippen LogP contribution < -0.4 is 9.47 Å². The van der Waals surface area contributed by atoms with Crippen molar-refractivity contribution in [1.29, 1.82) is 0 Å². The third kappa shape index (κ3) is 4.47. The van der Waals surface area contributed by atoms with Crippen LogP contribution in [0.25, 0.3) is 11.3 Å². The first-order valence-electron chi connectivity index (χ1n) is 9.91. The third-order valence-corrected chi connectivity index (χ3v) is 6.11. The zero-order valence-electron chi connectivity index (χ0n) is 17.2. The van der Waals surface area contributed by atoms with E-state index in [1.54, 1.807) is 43.8 Å². The minimum Gasteiger partial charge on any atom is -0.497 e. The van der Waals surface area contributed by atoms with Gasteiger partial charge in [-0.05, 0) is 12.1 Å². The van der Waals surface area contributed by atoms with Crippen LogP contribution in [0.4, 0.5) is 0 Å². The van der Waals surface area contributed by atoms with Gasteiger partial charge in [0.15, 0.2) is 0 Å². The van der Waals surface area contributed by atoms with E-state index in [2.05, 4.69) is 22.4 Å². The van der Waals surface area contributed by atoms with E-state index in [0.717, 1.165) is 35.9 Å². The SMILES string of the molecule is COc1ccc(C(=O)N2CCN(Cc3nc(-c4ccccc4)cs3)CC2)c(OC)c1. The number of benzene rings is 2. The van der Waals surface area contributed by atoms with Gasteiger partial charge in [-0.1, -0.05) is 30.3 Å². The molecule has 1 aliphatic rings. The maximum atomic E-state index is 13.0. The van der Waals surface area contributed by atoms with Crippen molar-refractivity contribution in [1.82, 2.24) is 14.8 Å². The van der Waals surface area contributed by atoms with Crippen LogP contribution in [-0.2, 0) is 6.54 Å². The van der Waals surface area contributed by atoms with Crippen LogP contribution in [-0.4, -0.2) is 61.1 Å². The molecule has 0 saturated carbocycles. The molecular formula is C23H25N3O3S. The lowest BCUT2D eigenvalue weighted by molar-refractivity contribution is 0.0625. The highest BCUT2D eigenvalue weighted by molar-refractivity contribution is 7.09. The zero-order chi connectivity index (χ0) is 20.9. The smallest absolute Gasteiger partial charge is 0.257 e. The largest absolute Gasteiger partial charge is 0.497 e. The van der Waals surface area contributed by atoms with Gasteiger partial charge in [-0.3, -0.25) is 9.69 Å². The van der Waals surface area contributed by atoms with E-state index in [1.807, 2.05) is 23.1 Å². The molecule has 30 heavy (non-hydrogen) atoms. The van der Waals surface area contributed by atoms with Crippen molar-refractivity contribution < 1.29 is 14.3 Å². The summed E-state index contributed by atoms with van der Waals surface area (Å²) in [7, 11) is 3.17. The molecule has 0 N–H and O–H groups in total. The molecule has 2 heterocycles. The molecule has 156 valence electrons. The van der Waals surface area contributed by atoms with E-state index in [1.165, 1.54) is 0 Å². The first-order valence-corrected chi connectivity index (χ1v) is 10.8. The molecule has 6 nitrogen and oxygen atoms in total. The molecular weight excluding hydrogens is 398 g/mol. The fourth-order valence-corrected chi connectivity index (χ4v) is 4.42. The lowest BCUT2D eigenvalue weighted by atomic mass is 10.1. The van der Waals surface area contributed by atoms with Crippen molar-refractivity contribution in [2.24, 2.45) is 0 Å². The average Bonchev–Trinajstić information content (AvgIpc) is 3.27. The van der Waals surface area contributed by atoms with Crippen molar-refractivity contribution in [2.75, 3.05) is 40.4 Å². The number of methoxy groups -OCH3 is 2. The van der Waals surface area contributed by atoms with Crippen molar-refractivity contribution in [3.8, 4) is 22.8 Å². The fraction of sp³-hybridized carbons (Fsp3) is 0.304. The van der Waals surface area contributed by atoms with E-state index in [4.69, 9.17) is 14.5 Å². The summed E-state index contributed by atoms with van der Waals surface area (Å²) in [5, 5.41) is 3.21. The number of carbonyl (C=O) groups excluding carboxylic acids is 1. The lowest BCUT2D eigenvalue weighted by Crippen LogP contribution is -2.48. The van der Waals surface area contributed by atoms with Crippen molar-refractivity contribution >= 4 is 17.2 Å².